The summed E-state index contributed by atoms with van der Waals surface area (Å²) in [5.74, 6) is -0.187. The minimum absolute atomic E-state index is 0.187. The summed E-state index contributed by atoms with van der Waals surface area (Å²) < 4.78 is 40.3. The van der Waals surface area contributed by atoms with E-state index in [1.54, 1.807) is 12.1 Å². The normalized spacial score (nSPS) is 11.5. The van der Waals surface area contributed by atoms with Crippen LogP contribution in [-0.4, -0.2) is 12.9 Å². The molecule has 0 unspecified atom stereocenters. The Bertz CT molecular complexity index is 407. The summed E-state index contributed by atoms with van der Waals surface area (Å²) in [4.78, 5) is 0. The van der Waals surface area contributed by atoms with Crippen LogP contribution in [0.5, 0.6) is 5.75 Å². The first-order valence-electron chi connectivity index (χ1n) is 8.11. The zero-order valence-electron chi connectivity index (χ0n) is 13.2. The Morgan fingerprint density at radius 3 is 2.23 bits per heavy atom. The van der Waals surface area contributed by atoms with E-state index in [2.05, 4.69) is 17.0 Å². The van der Waals surface area contributed by atoms with E-state index in [4.69, 9.17) is 0 Å². The summed E-state index contributed by atoms with van der Waals surface area (Å²) in [5, 5.41) is 3.13. The van der Waals surface area contributed by atoms with E-state index in [-0.39, 0.29) is 5.75 Å². The molecule has 1 aromatic rings. The number of nitrogens with one attached hydrogen (secondary N) is 1. The Morgan fingerprint density at radius 1 is 0.955 bits per heavy atom. The number of benzene rings is 1. The molecule has 0 fully saturated rings. The first kappa shape index (κ1) is 18.7. The maximum atomic E-state index is 12.1. The van der Waals surface area contributed by atoms with Gasteiger partial charge in [-0.25, -0.2) is 0 Å². The van der Waals surface area contributed by atoms with Crippen molar-refractivity contribution in [1.29, 1.82) is 0 Å². The van der Waals surface area contributed by atoms with Gasteiger partial charge in [0.25, 0.3) is 0 Å². The molecule has 0 aliphatic heterocycles. The van der Waals surface area contributed by atoms with Gasteiger partial charge in [-0.15, -0.1) is 13.2 Å². The lowest BCUT2D eigenvalue weighted by atomic mass is 10.1. The van der Waals surface area contributed by atoms with Gasteiger partial charge in [-0.2, -0.15) is 0 Å². The lowest BCUT2D eigenvalue weighted by Crippen LogP contribution is -2.17. The molecule has 1 rings (SSSR count). The van der Waals surface area contributed by atoms with E-state index in [9.17, 15) is 13.2 Å². The number of halogens is 3. The van der Waals surface area contributed by atoms with Crippen molar-refractivity contribution in [2.24, 2.45) is 0 Å². The third-order valence-electron chi connectivity index (χ3n) is 3.43. The first-order chi connectivity index (χ1) is 10.5. The third kappa shape index (κ3) is 9.53. The van der Waals surface area contributed by atoms with E-state index in [1.165, 1.54) is 50.7 Å². The minimum atomic E-state index is -4.64. The Kier molecular flexibility index (Phi) is 8.78. The van der Waals surface area contributed by atoms with E-state index in [0.717, 1.165) is 19.4 Å². The van der Waals surface area contributed by atoms with Gasteiger partial charge in [0, 0.05) is 18.3 Å². The zero-order chi connectivity index (χ0) is 16.3. The number of rotatable bonds is 11. The molecule has 1 aromatic carbocycles. The summed E-state index contributed by atoms with van der Waals surface area (Å²) in [5.41, 5.74) is 0.657. The van der Waals surface area contributed by atoms with Crippen molar-refractivity contribution < 1.29 is 17.9 Å². The number of hydrogen-bond acceptors (Lipinski definition) is 2. The fourth-order valence-corrected chi connectivity index (χ4v) is 2.29. The van der Waals surface area contributed by atoms with E-state index in [0.29, 0.717) is 5.69 Å². The molecule has 0 saturated heterocycles. The highest BCUT2D eigenvalue weighted by Crippen LogP contribution is 2.25. The van der Waals surface area contributed by atoms with Crippen molar-refractivity contribution in [3.63, 3.8) is 0 Å². The highest BCUT2D eigenvalue weighted by atomic mass is 19.4. The van der Waals surface area contributed by atoms with Crippen LogP contribution >= 0.6 is 0 Å². The zero-order valence-corrected chi connectivity index (χ0v) is 13.2. The molecular formula is C17H26F3NO. The molecule has 22 heavy (non-hydrogen) atoms. The van der Waals surface area contributed by atoms with Gasteiger partial charge < -0.3 is 10.1 Å². The quantitative estimate of drug-likeness (QED) is 0.495. The molecule has 126 valence electrons. The van der Waals surface area contributed by atoms with Gasteiger partial charge in [0.2, 0.25) is 0 Å². The molecule has 0 aromatic heterocycles. The molecule has 2 nitrogen and oxygen atoms in total. The van der Waals surface area contributed by atoms with Crippen LogP contribution in [0.15, 0.2) is 24.3 Å². The van der Waals surface area contributed by atoms with Crippen LogP contribution in [0.25, 0.3) is 0 Å². The molecule has 0 aliphatic carbocycles. The first-order valence-corrected chi connectivity index (χ1v) is 8.11. The smallest absolute Gasteiger partial charge is 0.406 e. The van der Waals surface area contributed by atoms with Crippen LogP contribution in [0.3, 0.4) is 0 Å². The van der Waals surface area contributed by atoms with Crippen molar-refractivity contribution in [2.45, 2.75) is 64.7 Å². The fraction of sp³-hybridized carbons (Fsp3) is 0.647. The van der Waals surface area contributed by atoms with E-state index in [1.807, 2.05) is 0 Å². The molecule has 0 aliphatic rings. The molecule has 0 bridgehead atoms. The van der Waals surface area contributed by atoms with Crippen LogP contribution in [0, 0.1) is 0 Å². The molecule has 5 heteroatoms. The molecule has 0 spiro atoms. The monoisotopic (exact) mass is 317 g/mol. The van der Waals surface area contributed by atoms with Crippen LogP contribution in [0.4, 0.5) is 18.9 Å². The summed E-state index contributed by atoms with van der Waals surface area (Å²) >= 11 is 0. The largest absolute Gasteiger partial charge is 0.573 e. The lowest BCUT2D eigenvalue weighted by molar-refractivity contribution is -0.274. The summed E-state index contributed by atoms with van der Waals surface area (Å²) in [6.45, 7) is 2.98. The topological polar surface area (TPSA) is 21.3 Å². The Morgan fingerprint density at radius 2 is 1.59 bits per heavy atom. The third-order valence-corrected chi connectivity index (χ3v) is 3.43. The van der Waals surface area contributed by atoms with E-state index < -0.39 is 6.36 Å². The number of alkyl halides is 3. The Balaban J connectivity index is 2.13. The molecule has 0 saturated carbocycles. The molecule has 0 heterocycles. The maximum absolute atomic E-state index is 12.1. The van der Waals surface area contributed by atoms with Crippen molar-refractivity contribution in [1.82, 2.24) is 0 Å². The number of anilines is 1. The fourth-order valence-electron chi connectivity index (χ4n) is 2.29. The second-order valence-corrected chi connectivity index (χ2v) is 5.48. The van der Waals surface area contributed by atoms with Gasteiger partial charge in [0.05, 0.1) is 0 Å². The van der Waals surface area contributed by atoms with Crippen molar-refractivity contribution >= 4 is 5.69 Å². The van der Waals surface area contributed by atoms with Crippen LogP contribution in [-0.2, 0) is 0 Å². The Hall–Kier alpha value is -1.39. The molecule has 1 N–H and O–H groups in total. The second-order valence-electron chi connectivity index (χ2n) is 5.48. The van der Waals surface area contributed by atoms with Crippen LogP contribution in [0.1, 0.15) is 58.3 Å². The highest BCUT2D eigenvalue weighted by Gasteiger charge is 2.31. The summed E-state index contributed by atoms with van der Waals surface area (Å²) in [6, 6.07) is 5.97. The second kappa shape index (κ2) is 10.4. The molecular weight excluding hydrogens is 291 g/mol. The van der Waals surface area contributed by atoms with Crippen molar-refractivity contribution in [3.8, 4) is 5.75 Å². The summed E-state index contributed by atoms with van der Waals surface area (Å²) in [6.07, 6.45) is 5.24. The number of unbranched alkanes of at least 4 members (excludes halogenated alkanes) is 7. The van der Waals surface area contributed by atoms with Gasteiger partial charge in [-0.1, -0.05) is 57.9 Å². The maximum Gasteiger partial charge on any atom is 0.573 e. The molecule has 0 radical (unpaired) electrons. The highest BCUT2D eigenvalue weighted by molar-refractivity contribution is 5.48. The molecule has 0 amide bonds. The van der Waals surface area contributed by atoms with Gasteiger partial charge in [0.1, 0.15) is 5.75 Å². The van der Waals surface area contributed by atoms with Crippen LogP contribution < -0.4 is 10.1 Å². The average Bonchev–Trinajstić information content (AvgIpc) is 2.44. The molecule has 0 atom stereocenters. The van der Waals surface area contributed by atoms with Gasteiger partial charge in [-0.3, -0.25) is 0 Å². The SMILES string of the molecule is CCCCCCCCCCNc1cccc(OC(F)(F)F)c1. The predicted molar refractivity (Wildman–Crippen MR) is 84.2 cm³/mol. The van der Waals surface area contributed by atoms with Crippen molar-refractivity contribution in [3.05, 3.63) is 24.3 Å². The predicted octanol–water partition coefficient (Wildman–Crippen LogP) is 6.14. The average molecular weight is 317 g/mol. The minimum Gasteiger partial charge on any atom is -0.406 e. The van der Waals surface area contributed by atoms with Gasteiger partial charge in [-0.05, 0) is 18.6 Å². The summed E-state index contributed by atoms with van der Waals surface area (Å²) in [7, 11) is 0. The van der Waals surface area contributed by atoms with E-state index >= 15 is 0 Å². The number of ether oxygens (including phenoxy) is 1. The standard InChI is InChI=1S/C17H26F3NO/c1-2-3-4-5-6-7-8-9-13-21-15-11-10-12-16(14-15)22-17(18,19)20/h10-12,14,21H,2-9,13H2,1H3. The Labute approximate surface area is 131 Å². The van der Waals surface area contributed by atoms with Crippen LogP contribution in [0.2, 0.25) is 0 Å². The lowest BCUT2D eigenvalue weighted by Gasteiger charge is -2.11. The number of hydrogen-bond donors (Lipinski definition) is 1. The van der Waals surface area contributed by atoms with Gasteiger partial charge >= 0.3 is 6.36 Å². The van der Waals surface area contributed by atoms with Gasteiger partial charge in [0.15, 0.2) is 0 Å². The van der Waals surface area contributed by atoms with Crippen molar-refractivity contribution in [2.75, 3.05) is 11.9 Å².